The molecule has 0 N–H and O–H groups in total. The third-order valence-electron chi connectivity index (χ3n) is 12.3. The van der Waals surface area contributed by atoms with Crippen molar-refractivity contribution in [1.82, 2.24) is 0 Å². The van der Waals surface area contributed by atoms with Crippen molar-refractivity contribution < 1.29 is 0 Å². The lowest BCUT2D eigenvalue weighted by Gasteiger charge is -2.20. The van der Waals surface area contributed by atoms with Crippen LogP contribution in [-0.2, 0) is 0 Å². The minimum Gasteiger partial charge on any atom is -0.0610 e. The van der Waals surface area contributed by atoms with Crippen LogP contribution in [0.2, 0.25) is 0 Å². The second kappa shape index (κ2) is 10.6. The summed E-state index contributed by atoms with van der Waals surface area (Å²) in [5, 5.41) is 13.2. The zero-order chi connectivity index (χ0) is 36.0. The molecule has 0 spiro atoms. The average Bonchev–Trinajstić information content (AvgIpc) is 3.65. The topological polar surface area (TPSA) is 0 Å². The molecule has 0 heteroatoms. The van der Waals surface area contributed by atoms with Gasteiger partial charge in [-0.1, -0.05) is 131 Å². The van der Waals surface area contributed by atoms with E-state index in [0.29, 0.717) is 0 Å². The van der Waals surface area contributed by atoms with Gasteiger partial charge < -0.3 is 0 Å². The van der Waals surface area contributed by atoms with Gasteiger partial charge in [-0.3, -0.25) is 0 Å². The van der Waals surface area contributed by atoms with Crippen molar-refractivity contribution in [3.05, 3.63) is 168 Å². The number of fused-ring (bicyclic) bond motifs is 11. The fraction of sp³-hybridized carbons (Fsp3) is 0.0741. The van der Waals surface area contributed by atoms with Crippen LogP contribution in [0.5, 0.6) is 0 Å². The SMILES string of the molecule is Cc1cc(C)cc(-c2cc3cc4c(cc3c3c(-c5cc(C)cc(C)c5)cc5cc6c(cc5c23)-c2cccc3cccc-6c23)-c2cccc3cccc-4c23)c1. The van der Waals surface area contributed by atoms with E-state index in [2.05, 4.69) is 173 Å². The number of aryl methyl sites for hydroxylation is 4. The molecule has 0 aliphatic heterocycles. The van der Waals surface area contributed by atoms with Crippen LogP contribution in [-0.4, -0.2) is 0 Å². The van der Waals surface area contributed by atoms with E-state index in [1.54, 1.807) is 0 Å². The Labute approximate surface area is 315 Å². The highest BCUT2D eigenvalue weighted by Crippen LogP contribution is 2.54. The standard InChI is InChI=1S/C54H36/c1-29-17-30(2)20-35(19-29)43-23-37-25-47-39-13-5-9-33-12-8-16-42(51(33)39)50(47)28-46(37)54-44(36-21-31(3)18-32(4)22-36)24-38-26-48-40-14-6-10-34-11-7-15-41(52(34)40)49(48)27-45(38)53(43)54/h5-28H,1-4H3. The van der Waals surface area contributed by atoms with Crippen molar-refractivity contribution >= 4 is 53.9 Å². The second-order valence-electron chi connectivity index (χ2n) is 16.0. The van der Waals surface area contributed by atoms with Crippen molar-refractivity contribution in [3.8, 4) is 66.8 Å². The van der Waals surface area contributed by atoms with Gasteiger partial charge >= 0.3 is 0 Å². The number of rotatable bonds is 2. The molecular weight excluding hydrogens is 649 g/mol. The van der Waals surface area contributed by atoms with Crippen LogP contribution in [0.15, 0.2) is 146 Å². The van der Waals surface area contributed by atoms with Crippen molar-refractivity contribution in [2.75, 3.05) is 0 Å². The Morgan fingerprint density at radius 3 is 0.907 bits per heavy atom. The zero-order valence-corrected chi connectivity index (χ0v) is 30.9. The van der Waals surface area contributed by atoms with Crippen LogP contribution in [0.25, 0.3) is 121 Å². The fourth-order valence-corrected chi connectivity index (χ4v) is 10.4. The third kappa shape index (κ3) is 4.03. The largest absolute Gasteiger partial charge is 0.0610 e. The zero-order valence-electron chi connectivity index (χ0n) is 30.9. The van der Waals surface area contributed by atoms with Gasteiger partial charge in [-0.25, -0.2) is 0 Å². The minimum atomic E-state index is 1.27. The quantitative estimate of drug-likeness (QED) is 0.159. The molecule has 252 valence electrons. The van der Waals surface area contributed by atoms with Crippen molar-refractivity contribution in [1.29, 1.82) is 0 Å². The lowest BCUT2D eigenvalue weighted by atomic mass is 9.82. The molecule has 0 aromatic heterocycles. The summed E-state index contributed by atoms with van der Waals surface area (Å²) < 4.78 is 0. The van der Waals surface area contributed by atoms with Crippen LogP contribution in [0.4, 0.5) is 0 Å². The van der Waals surface area contributed by atoms with E-state index >= 15 is 0 Å². The molecule has 0 saturated carbocycles. The summed E-state index contributed by atoms with van der Waals surface area (Å²) in [6.45, 7) is 8.92. The first-order chi connectivity index (χ1) is 26.4. The van der Waals surface area contributed by atoms with Gasteiger partial charge in [0.05, 0.1) is 0 Å². The predicted molar refractivity (Wildman–Crippen MR) is 233 cm³/mol. The summed E-state index contributed by atoms with van der Waals surface area (Å²) in [7, 11) is 0. The Hall–Kier alpha value is -6.50. The van der Waals surface area contributed by atoms with Gasteiger partial charge in [0, 0.05) is 0 Å². The van der Waals surface area contributed by atoms with Crippen molar-refractivity contribution in [2.45, 2.75) is 27.7 Å². The second-order valence-corrected chi connectivity index (χ2v) is 16.0. The summed E-state index contributed by atoms with van der Waals surface area (Å²) in [5.74, 6) is 0. The van der Waals surface area contributed by atoms with Crippen LogP contribution >= 0.6 is 0 Å². The molecule has 2 aliphatic rings. The van der Waals surface area contributed by atoms with Gasteiger partial charge in [0.2, 0.25) is 0 Å². The summed E-state index contributed by atoms with van der Waals surface area (Å²) in [6.07, 6.45) is 0. The molecule has 0 radical (unpaired) electrons. The third-order valence-corrected chi connectivity index (χ3v) is 12.3. The van der Waals surface area contributed by atoms with Crippen LogP contribution in [0, 0.1) is 27.7 Å². The van der Waals surface area contributed by atoms with Gasteiger partial charge in [0.15, 0.2) is 0 Å². The van der Waals surface area contributed by atoms with Crippen LogP contribution in [0.1, 0.15) is 22.3 Å². The van der Waals surface area contributed by atoms with Gasteiger partial charge in [-0.2, -0.15) is 0 Å². The molecule has 2 aliphatic carbocycles. The summed E-state index contributed by atoms with van der Waals surface area (Å²) >= 11 is 0. The molecule has 0 fully saturated rings. The molecule has 10 aromatic carbocycles. The molecule has 10 aromatic rings. The predicted octanol–water partition coefficient (Wildman–Crippen LogP) is 15.3. The molecule has 54 heavy (non-hydrogen) atoms. The monoisotopic (exact) mass is 684 g/mol. The first-order valence-electron chi connectivity index (χ1n) is 19.2. The maximum Gasteiger partial charge on any atom is -0.00139 e. The molecule has 0 saturated heterocycles. The molecule has 0 amide bonds. The van der Waals surface area contributed by atoms with E-state index in [-0.39, 0.29) is 0 Å². The van der Waals surface area contributed by atoms with Gasteiger partial charge in [0.25, 0.3) is 0 Å². The van der Waals surface area contributed by atoms with Crippen molar-refractivity contribution in [2.24, 2.45) is 0 Å². The fourth-order valence-electron chi connectivity index (χ4n) is 10.4. The molecule has 12 rings (SSSR count). The average molecular weight is 685 g/mol. The number of benzene rings is 10. The van der Waals surface area contributed by atoms with Gasteiger partial charge in [-0.05, 0) is 185 Å². The maximum atomic E-state index is 2.52. The molecule has 0 bridgehead atoms. The van der Waals surface area contributed by atoms with E-state index in [4.69, 9.17) is 0 Å². The lowest BCUT2D eigenvalue weighted by Crippen LogP contribution is -1.94. The molecular formula is C54H36. The summed E-state index contributed by atoms with van der Waals surface area (Å²) in [4.78, 5) is 0. The maximum absolute atomic E-state index is 2.52. The highest BCUT2D eigenvalue weighted by atomic mass is 14.3. The first-order valence-corrected chi connectivity index (χ1v) is 19.2. The first kappa shape index (κ1) is 30.0. The summed E-state index contributed by atoms with van der Waals surface area (Å²) in [5.41, 5.74) is 20.9. The van der Waals surface area contributed by atoms with Crippen LogP contribution < -0.4 is 0 Å². The van der Waals surface area contributed by atoms with E-state index in [0.717, 1.165) is 0 Å². The Kier molecular flexibility index (Phi) is 5.87. The van der Waals surface area contributed by atoms with E-state index < -0.39 is 0 Å². The molecule has 0 unspecified atom stereocenters. The van der Waals surface area contributed by atoms with E-state index in [9.17, 15) is 0 Å². The Balaban J connectivity index is 1.31. The molecule has 0 atom stereocenters. The summed E-state index contributed by atoms with van der Waals surface area (Å²) in [6, 6.07) is 56.3. The number of hydrogen-bond acceptors (Lipinski definition) is 0. The molecule has 0 heterocycles. The van der Waals surface area contributed by atoms with Crippen LogP contribution in [0.3, 0.4) is 0 Å². The minimum absolute atomic E-state index is 1.27. The molecule has 0 nitrogen and oxygen atoms in total. The smallest absolute Gasteiger partial charge is 0.00139 e. The normalized spacial score (nSPS) is 12.4. The Morgan fingerprint density at radius 1 is 0.241 bits per heavy atom. The Morgan fingerprint density at radius 2 is 0.556 bits per heavy atom. The van der Waals surface area contributed by atoms with Crippen molar-refractivity contribution in [3.63, 3.8) is 0 Å². The Bertz CT molecular complexity index is 3080. The van der Waals surface area contributed by atoms with Gasteiger partial charge in [0.1, 0.15) is 0 Å². The highest BCUT2D eigenvalue weighted by molar-refractivity contribution is 6.31. The van der Waals surface area contributed by atoms with E-state index in [1.807, 2.05) is 0 Å². The highest BCUT2D eigenvalue weighted by Gasteiger charge is 2.27. The lowest BCUT2D eigenvalue weighted by molar-refractivity contribution is 1.38. The van der Waals surface area contributed by atoms with E-state index in [1.165, 1.54) is 143 Å². The van der Waals surface area contributed by atoms with Gasteiger partial charge in [-0.15, -0.1) is 0 Å². The number of hydrogen-bond donors (Lipinski definition) is 0.